The quantitative estimate of drug-likeness (QED) is 0.529. The van der Waals surface area contributed by atoms with Crippen LogP contribution in [0.2, 0.25) is 0 Å². The van der Waals surface area contributed by atoms with E-state index in [1.165, 1.54) is 6.07 Å². The molecule has 102 valence electrons. The van der Waals surface area contributed by atoms with E-state index in [4.69, 9.17) is 16.2 Å². The Morgan fingerprint density at radius 1 is 1.44 bits per heavy atom. The lowest BCUT2D eigenvalue weighted by Crippen LogP contribution is -2.28. The van der Waals surface area contributed by atoms with Gasteiger partial charge < -0.3 is 16.2 Å². The van der Waals surface area contributed by atoms with Crippen LogP contribution >= 0.6 is 11.3 Å². The number of rotatable bonds is 8. The predicted molar refractivity (Wildman–Crippen MR) is 67.4 cm³/mol. The van der Waals surface area contributed by atoms with Gasteiger partial charge >= 0.3 is 0 Å². The highest BCUT2D eigenvalue weighted by molar-refractivity contribution is 7.91. The lowest BCUT2D eigenvalue weighted by molar-refractivity contribution is -0.122. The van der Waals surface area contributed by atoms with Crippen molar-refractivity contribution in [2.24, 2.45) is 11.5 Å². The monoisotopic (exact) mass is 293 g/mol. The van der Waals surface area contributed by atoms with Crippen LogP contribution in [0.1, 0.15) is 4.88 Å². The van der Waals surface area contributed by atoms with Gasteiger partial charge in [-0.3, -0.25) is 4.79 Å². The summed E-state index contributed by atoms with van der Waals surface area (Å²) in [6.07, 6.45) is 0. The Balaban J connectivity index is 2.42. The van der Waals surface area contributed by atoms with Crippen LogP contribution in [0.15, 0.2) is 16.3 Å². The summed E-state index contributed by atoms with van der Waals surface area (Å²) >= 11 is 1.12. The molecule has 0 aliphatic rings. The molecule has 5 N–H and O–H groups in total. The maximum Gasteiger partial charge on any atom is 0.250 e. The molecule has 0 aliphatic heterocycles. The summed E-state index contributed by atoms with van der Waals surface area (Å²) in [5, 5.41) is 0. The molecule has 1 aromatic rings. The van der Waals surface area contributed by atoms with E-state index < -0.39 is 15.9 Å². The van der Waals surface area contributed by atoms with Crippen LogP contribution in [0.3, 0.4) is 0 Å². The lowest BCUT2D eigenvalue weighted by Gasteiger charge is -2.04. The minimum Gasteiger partial charge on any atom is -0.370 e. The number of nitrogens with two attached hydrogens (primary N) is 2. The molecule has 1 amide bonds. The average molecular weight is 293 g/mol. The van der Waals surface area contributed by atoms with Gasteiger partial charge in [-0.2, -0.15) is 0 Å². The number of thiophene rings is 1. The summed E-state index contributed by atoms with van der Waals surface area (Å²) in [4.78, 5) is 11.2. The second-order valence-corrected chi connectivity index (χ2v) is 6.50. The van der Waals surface area contributed by atoms with Crippen LogP contribution in [0.4, 0.5) is 0 Å². The zero-order valence-electron chi connectivity index (χ0n) is 9.59. The second-order valence-electron chi connectivity index (χ2n) is 3.34. The van der Waals surface area contributed by atoms with Gasteiger partial charge in [-0.05, 0) is 12.1 Å². The molecule has 0 radical (unpaired) electrons. The van der Waals surface area contributed by atoms with Gasteiger partial charge in [-0.15, -0.1) is 11.3 Å². The molecule has 18 heavy (non-hydrogen) atoms. The fourth-order valence-corrected chi connectivity index (χ4v) is 3.40. The molecular weight excluding hydrogens is 278 g/mol. The molecule has 0 spiro atoms. The summed E-state index contributed by atoms with van der Waals surface area (Å²) in [6.45, 7) is 0.239. The van der Waals surface area contributed by atoms with Crippen molar-refractivity contribution in [3.8, 4) is 0 Å². The number of nitrogens with one attached hydrogen (secondary N) is 1. The van der Waals surface area contributed by atoms with Crippen molar-refractivity contribution in [3.63, 3.8) is 0 Å². The molecule has 0 bridgehead atoms. The van der Waals surface area contributed by atoms with Gasteiger partial charge in [-0.1, -0.05) is 0 Å². The Kier molecular flexibility index (Phi) is 5.69. The van der Waals surface area contributed by atoms with E-state index in [-0.39, 0.29) is 24.0 Å². The topological polar surface area (TPSA) is 125 Å². The first-order valence-corrected chi connectivity index (χ1v) is 7.40. The molecule has 0 aromatic carbocycles. The van der Waals surface area contributed by atoms with Gasteiger partial charge in [0.05, 0.1) is 6.61 Å². The van der Waals surface area contributed by atoms with Gasteiger partial charge in [0.15, 0.2) is 0 Å². The number of ether oxygens (including phenoxy) is 1. The van der Waals surface area contributed by atoms with Crippen molar-refractivity contribution in [3.05, 3.63) is 17.0 Å². The maximum atomic E-state index is 11.8. The molecule has 1 aromatic heterocycles. The number of carbonyl (C=O) groups excluding carboxylic acids is 1. The first-order chi connectivity index (χ1) is 8.45. The highest BCUT2D eigenvalue weighted by Gasteiger charge is 2.15. The van der Waals surface area contributed by atoms with Crippen LogP contribution in [-0.2, 0) is 26.1 Å². The largest absolute Gasteiger partial charge is 0.370 e. The molecule has 0 fully saturated rings. The van der Waals surface area contributed by atoms with Gasteiger partial charge in [-0.25, -0.2) is 13.1 Å². The molecule has 9 heteroatoms. The molecule has 1 rings (SSSR count). The Morgan fingerprint density at radius 2 is 2.17 bits per heavy atom. The van der Waals surface area contributed by atoms with Crippen LogP contribution in [0, 0.1) is 0 Å². The minimum absolute atomic E-state index is 0.0749. The van der Waals surface area contributed by atoms with Crippen molar-refractivity contribution < 1.29 is 17.9 Å². The fourth-order valence-electron chi connectivity index (χ4n) is 1.10. The number of carbonyl (C=O) groups is 1. The molecular formula is C9H15N3O4S2. The SMILES string of the molecule is NCc1ccc(S(=O)(=O)NCCOCC(N)=O)s1. The zero-order chi connectivity index (χ0) is 13.6. The van der Waals surface area contributed by atoms with E-state index in [1.54, 1.807) is 6.07 Å². The first-order valence-electron chi connectivity index (χ1n) is 5.10. The normalized spacial score (nSPS) is 11.6. The molecule has 0 unspecified atom stereocenters. The third-order valence-corrected chi connectivity index (χ3v) is 4.95. The van der Waals surface area contributed by atoms with Crippen LogP contribution in [0.25, 0.3) is 0 Å². The smallest absolute Gasteiger partial charge is 0.250 e. The number of hydrogen-bond acceptors (Lipinski definition) is 6. The molecule has 0 atom stereocenters. The van der Waals surface area contributed by atoms with E-state index in [1.807, 2.05) is 0 Å². The summed E-state index contributed by atoms with van der Waals surface area (Å²) in [5.74, 6) is -0.594. The van der Waals surface area contributed by atoms with E-state index >= 15 is 0 Å². The fraction of sp³-hybridized carbons (Fsp3) is 0.444. The van der Waals surface area contributed by atoms with Crippen LogP contribution < -0.4 is 16.2 Å². The summed E-state index contributed by atoms with van der Waals surface area (Å²) in [5.41, 5.74) is 10.3. The molecule has 0 saturated carbocycles. The van der Waals surface area contributed by atoms with Gasteiger partial charge in [0.1, 0.15) is 10.8 Å². The Hall–Kier alpha value is -1.00. The molecule has 1 heterocycles. The third-order valence-electron chi connectivity index (χ3n) is 1.89. The first kappa shape index (κ1) is 15.1. The third kappa shape index (κ3) is 4.70. The molecule has 7 nitrogen and oxygen atoms in total. The van der Waals surface area contributed by atoms with Crippen molar-refractivity contribution >= 4 is 27.3 Å². The van der Waals surface area contributed by atoms with Gasteiger partial charge in [0, 0.05) is 18.0 Å². The van der Waals surface area contributed by atoms with Crippen molar-refractivity contribution in [1.82, 2.24) is 4.72 Å². The van der Waals surface area contributed by atoms with E-state index in [0.29, 0.717) is 6.54 Å². The van der Waals surface area contributed by atoms with Crippen molar-refractivity contribution in [2.45, 2.75) is 10.8 Å². The average Bonchev–Trinajstić information content (AvgIpc) is 2.77. The van der Waals surface area contributed by atoms with Crippen molar-refractivity contribution in [2.75, 3.05) is 19.8 Å². The Morgan fingerprint density at radius 3 is 2.72 bits per heavy atom. The summed E-state index contributed by atoms with van der Waals surface area (Å²) in [6, 6.07) is 3.17. The Bertz CT molecular complexity index is 498. The van der Waals surface area contributed by atoms with E-state index in [2.05, 4.69) is 4.72 Å². The number of sulfonamides is 1. The van der Waals surface area contributed by atoms with Gasteiger partial charge in [0.25, 0.3) is 0 Å². The Labute approximate surface area is 109 Å². The standard InChI is InChI=1S/C9H15N3O4S2/c10-5-7-1-2-9(17-7)18(14,15)12-3-4-16-6-8(11)13/h1-2,12H,3-6,10H2,(H2,11,13). The number of hydrogen-bond donors (Lipinski definition) is 3. The highest BCUT2D eigenvalue weighted by Crippen LogP contribution is 2.20. The van der Waals surface area contributed by atoms with E-state index in [9.17, 15) is 13.2 Å². The van der Waals surface area contributed by atoms with Gasteiger partial charge in [0.2, 0.25) is 15.9 Å². The number of primary amides is 1. The maximum absolute atomic E-state index is 11.8. The van der Waals surface area contributed by atoms with Crippen LogP contribution in [0.5, 0.6) is 0 Å². The summed E-state index contributed by atoms with van der Waals surface area (Å²) in [7, 11) is -3.53. The predicted octanol–water partition coefficient (Wildman–Crippen LogP) is -1.01. The summed E-state index contributed by atoms with van der Waals surface area (Å²) < 4.78 is 30.9. The van der Waals surface area contributed by atoms with Crippen LogP contribution in [-0.4, -0.2) is 34.1 Å². The molecule has 0 aliphatic carbocycles. The lowest BCUT2D eigenvalue weighted by atomic mass is 10.5. The molecule has 0 saturated heterocycles. The van der Waals surface area contributed by atoms with Crippen molar-refractivity contribution in [1.29, 1.82) is 0 Å². The number of amides is 1. The van der Waals surface area contributed by atoms with E-state index in [0.717, 1.165) is 16.2 Å². The highest BCUT2D eigenvalue weighted by atomic mass is 32.2. The minimum atomic E-state index is -3.53. The second kappa shape index (κ2) is 6.81. The zero-order valence-corrected chi connectivity index (χ0v) is 11.2.